The lowest BCUT2D eigenvalue weighted by atomic mass is 10.0. The molecule has 0 radical (unpaired) electrons. The van der Waals surface area contributed by atoms with E-state index in [1.165, 1.54) is 5.56 Å². The second kappa shape index (κ2) is 9.12. The van der Waals surface area contributed by atoms with Crippen LogP contribution in [-0.2, 0) is 16.9 Å². The lowest BCUT2D eigenvalue weighted by Crippen LogP contribution is -2.47. The molecule has 2 aromatic heterocycles. The van der Waals surface area contributed by atoms with Gasteiger partial charge in [-0.15, -0.1) is 0 Å². The van der Waals surface area contributed by atoms with Gasteiger partial charge >= 0.3 is 6.03 Å². The number of aromatic nitrogens is 5. The third-order valence-electron chi connectivity index (χ3n) is 7.71. The number of H-pyrrole nitrogens is 1. The summed E-state index contributed by atoms with van der Waals surface area (Å²) >= 11 is 6.20. The van der Waals surface area contributed by atoms with Crippen molar-refractivity contribution in [1.29, 1.82) is 0 Å². The average Bonchev–Trinajstić information content (AvgIpc) is 3.19. The Labute approximate surface area is 224 Å². The molecule has 1 saturated heterocycles. The highest BCUT2D eigenvalue weighted by Crippen LogP contribution is 2.43. The van der Waals surface area contributed by atoms with E-state index < -0.39 is 17.5 Å². The van der Waals surface area contributed by atoms with Gasteiger partial charge in [0.05, 0.1) is 17.8 Å². The standard InChI is InChI=1S/C25H29ClN10O2/c1-25(2)18-15(12-36(25)24(38)28-16-11-14(16)13-7-4-3-5-8-13)20(34-33-18)29-22-30-21(26)31-23(32-22)35-10-6-9-17(35)19(27)37/h3-5,7-8,14,16-17H,6,9-12H2,1-2H3,(H2,27,37)(H,28,38)(H2,29,30,31,32,33,34)/t14-,16+,17-/m0/s1. The summed E-state index contributed by atoms with van der Waals surface area (Å²) in [5.74, 6) is 0.877. The predicted molar refractivity (Wildman–Crippen MR) is 141 cm³/mol. The number of primary amides is 1. The molecule has 1 aliphatic carbocycles. The Kier molecular flexibility index (Phi) is 5.86. The first-order chi connectivity index (χ1) is 18.2. The highest BCUT2D eigenvalue weighted by atomic mass is 35.5. The first-order valence-electron chi connectivity index (χ1n) is 12.7. The summed E-state index contributed by atoms with van der Waals surface area (Å²) in [4.78, 5) is 41.6. The van der Waals surface area contributed by atoms with Crippen LogP contribution in [0.1, 0.15) is 55.8 Å². The summed E-state index contributed by atoms with van der Waals surface area (Å²) in [6, 6.07) is 9.75. The quantitative estimate of drug-likeness (QED) is 0.374. The van der Waals surface area contributed by atoms with E-state index in [1.807, 2.05) is 32.0 Å². The predicted octanol–water partition coefficient (Wildman–Crippen LogP) is 2.76. The molecular weight excluding hydrogens is 508 g/mol. The van der Waals surface area contributed by atoms with Gasteiger partial charge < -0.3 is 26.2 Å². The van der Waals surface area contributed by atoms with Gasteiger partial charge in [0.2, 0.25) is 23.1 Å². The zero-order chi connectivity index (χ0) is 26.6. The summed E-state index contributed by atoms with van der Waals surface area (Å²) in [5.41, 5.74) is 7.87. The van der Waals surface area contributed by atoms with Gasteiger partial charge in [-0.05, 0) is 50.3 Å². The molecule has 1 saturated carbocycles. The number of urea groups is 1. The van der Waals surface area contributed by atoms with Crippen molar-refractivity contribution in [2.75, 3.05) is 16.8 Å². The molecule has 1 aromatic carbocycles. The van der Waals surface area contributed by atoms with E-state index in [4.69, 9.17) is 17.3 Å². The molecule has 2 fully saturated rings. The first kappa shape index (κ1) is 24.4. The van der Waals surface area contributed by atoms with Crippen LogP contribution in [0.15, 0.2) is 30.3 Å². The minimum atomic E-state index is -0.602. The van der Waals surface area contributed by atoms with Crippen LogP contribution in [0.4, 0.5) is 22.5 Å². The van der Waals surface area contributed by atoms with Crippen molar-refractivity contribution in [2.45, 2.75) is 63.2 Å². The number of fused-ring (bicyclic) bond motifs is 1. The highest BCUT2D eigenvalue weighted by molar-refractivity contribution is 6.28. The number of benzene rings is 1. The Balaban J connectivity index is 1.18. The fraction of sp³-hybridized carbons (Fsp3) is 0.440. The number of hydrogen-bond donors (Lipinski definition) is 4. The van der Waals surface area contributed by atoms with E-state index in [2.05, 4.69) is 47.9 Å². The van der Waals surface area contributed by atoms with E-state index in [0.717, 1.165) is 24.1 Å². The molecule has 3 amide bonds. The number of nitrogens with zero attached hydrogens (tertiary/aromatic N) is 6. The Morgan fingerprint density at radius 2 is 1.97 bits per heavy atom. The maximum atomic E-state index is 13.3. The summed E-state index contributed by atoms with van der Waals surface area (Å²) in [7, 11) is 0. The maximum absolute atomic E-state index is 13.3. The molecule has 38 heavy (non-hydrogen) atoms. The third-order valence-corrected chi connectivity index (χ3v) is 7.88. The Bertz CT molecular complexity index is 1390. The van der Waals surface area contributed by atoms with Gasteiger partial charge in [0.25, 0.3) is 0 Å². The van der Waals surface area contributed by atoms with Gasteiger partial charge in [0.1, 0.15) is 6.04 Å². The molecule has 3 aliphatic rings. The fourth-order valence-corrected chi connectivity index (χ4v) is 5.69. The second-order valence-electron chi connectivity index (χ2n) is 10.5. The molecular formula is C25H29ClN10O2. The highest BCUT2D eigenvalue weighted by Gasteiger charge is 2.47. The van der Waals surface area contributed by atoms with Crippen LogP contribution >= 0.6 is 11.6 Å². The Morgan fingerprint density at radius 1 is 1.18 bits per heavy atom. The van der Waals surface area contributed by atoms with Crippen molar-refractivity contribution >= 4 is 41.3 Å². The topological polar surface area (TPSA) is 158 Å². The number of amides is 3. The summed E-state index contributed by atoms with van der Waals surface area (Å²) < 4.78 is 0. The van der Waals surface area contributed by atoms with Gasteiger partial charge in [-0.2, -0.15) is 20.1 Å². The van der Waals surface area contributed by atoms with Gasteiger partial charge in [0, 0.05) is 24.1 Å². The summed E-state index contributed by atoms with van der Waals surface area (Å²) in [6.07, 6.45) is 2.36. The van der Waals surface area contributed by atoms with Gasteiger partial charge in [-0.25, -0.2) is 4.79 Å². The van der Waals surface area contributed by atoms with Crippen LogP contribution in [-0.4, -0.2) is 60.6 Å². The minimum absolute atomic E-state index is 0.0152. The number of nitrogens with one attached hydrogen (secondary N) is 3. The van der Waals surface area contributed by atoms with Crippen molar-refractivity contribution in [2.24, 2.45) is 5.73 Å². The van der Waals surface area contributed by atoms with Crippen LogP contribution < -0.4 is 21.3 Å². The molecule has 4 heterocycles. The monoisotopic (exact) mass is 536 g/mol. The SMILES string of the molecule is CC1(C)c2[nH]nc(Nc3nc(Cl)nc(N4CCC[C@H]4C(N)=O)n3)c2CN1C(=O)N[C@@H]1C[C@H]1c1ccccc1. The normalized spacial score (nSPS) is 23.3. The Hall–Kier alpha value is -3.93. The van der Waals surface area contributed by atoms with E-state index in [1.54, 1.807) is 9.80 Å². The number of hydrogen-bond acceptors (Lipinski definition) is 8. The van der Waals surface area contributed by atoms with Gasteiger partial charge in [-0.3, -0.25) is 9.89 Å². The number of nitrogens with two attached hydrogens (primary N) is 1. The molecule has 5 N–H and O–H groups in total. The van der Waals surface area contributed by atoms with Crippen LogP contribution in [0.2, 0.25) is 5.28 Å². The lowest BCUT2D eigenvalue weighted by Gasteiger charge is -2.32. The van der Waals surface area contributed by atoms with Crippen molar-refractivity contribution in [3.63, 3.8) is 0 Å². The summed E-state index contributed by atoms with van der Waals surface area (Å²) in [5, 5.41) is 13.8. The zero-order valence-electron chi connectivity index (χ0n) is 21.1. The van der Waals surface area contributed by atoms with E-state index in [0.29, 0.717) is 31.2 Å². The molecule has 6 rings (SSSR count). The van der Waals surface area contributed by atoms with E-state index in [-0.39, 0.29) is 29.3 Å². The maximum Gasteiger partial charge on any atom is 0.318 e. The number of halogens is 1. The molecule has 0 spiro atoms. The van der Waals surface area contributed by atoms with Crippen molar-refractivity contribution < 1.29 is 9.59 Å². The lowest BCUT2D eigenvalue weighted by molar-refractivity contribution is -0.119. The van der Waals surface area contributed by atoms with Crippen LogP contribution in [0.5, 0.6) is 0 Å². The molecule has 3 atom stereocenters. The van der Waals surface area contributed by atoms with E-state index >= 15 is 0 Å². The molecule has 0 bridgehead atoms. The number of anilines is 3. The van der Waals surface area contributed by atoms with Gasteiger partial charge in [0.15, 0.2) is 5.82 Å². The first-order valence-corrected chi connectivity index (χ1v) is 13.1. The largest absolute Gasteiger partial charge is 0.368 e. The number of carbonyl (C=O) groups excluding carboxylic acids is 2. The number of aromatic amines is 1. The molecule has 3 aromatic rings. The third kappa shape index (κ3) is 4.28. The van der Waals surface area contributed by atoms with Crippen molar-refractivity contribution in [3.05, 3.63) is 52.4 Å². The molecule has 2 aliphatic heterocycles. The molecule has 198 valence electrons. The van der Waals surface area contributed by atoms with Crippen molar-refractivity contribution in [3.8, 4) is 0 Å². The number of carbonyl (C=O) groups is 2. The van der Waals surface area contributed by atoms with Crippen LogP contribution in [0, 0.1) is 0 Å². The number of rotatable bonds is 6. The second-order valence-corrected chi connectivity index (χ2v) is 10.8. The minimum Gasteiger partial charge on any atom is -0.368 e. The average molecular weight is 537 g/mol. The van der Waals surface area contributed by atoms with Gasteiger partial charge in [-0.1, -0.05) is 30.3 Å². The molecule has 0 unspecified atom stereocenters. The molecule has 12 nitrogen and oxygen atoms in total. The Morgan fingerprint density at radius 3 is 2.74 bits per heavy atom. The van der Waals surface area contributed by atoms with E-state index in [9.17, 15) is 9.59 Å². The van der Waals surface area contributed by atoms with Crippen LogP contribution in [0.25, 0.3) is 0 Å². The van der Waals surface area contributed by atoms with Crippen molar-refractivity contribution in [1.82, 2.24) is 35.4 Å². The van der Waals surface area contributed by atoms with Crippen LogP contribution in [0.3, 0.4) is 0 Å². The smallest absolute Gasteiger partial charge is 0.318 e. The zero-order valence-corrected chi connectivity index (χ0v) is 21.9. The summed E-state index contributed by atoms with van der Waals surface area (Å²) in [6.45, 7) is 4.92. The fourth-order valence-electron chi connectivity index (χ4n) is 5.54. The molecule has 13 heteroatoms.